The maximum atomic E-state index is 11.6. The molecule has 0 fully saturated rings. The number of carbonyl (C=O) groups is 1. The molecule has 1 rings (SSSR count). The van der Waals surface area contributed by atoms with Gasteiger partial charge in [-0.3, -0.25) is 9.48 Å². The molecule has 72 valence electrons. The topological polar surface area (TPSA) is 46.9 Å². The molecular weight excluding hydrogens is 166 g/mol. The molecule has 0 spiro atoms. The van der Waals surface area contributed by atoms with Gasteiger partial charge in [0.25, 0.3) is 0 Å². The molecule has 0 aliphatic heterocycles. The molecule has 1 N–H and O–H groups in total. The van der Waals surface area contributed by atoms with Gasteiger partial charge >= 0.3 is 0 Å². The molecule has 1 heterocycles. The van der Waals surface area contributed by atoms with E-state index in [-0.39, 0.29) is 11.7 Å². The molecule has 0 aromatic carbocycles. The summed E-state index contributed by atoms with van der Waals surface area (Å²) in [5.74, 6) is 0.0786. The molecule has 0 amide bonds. The van der Waals surface area contributed by atoms with Crippen LogP contribution in [0.1, 0.15) is 17.4 Å². The van der Waals surface area contributed by atoms with Crippen molar-refractivity contribution in [3.05, 3.63) is 18.0 Å². The van der Waals surface area contributed by atoms with Gasteiger partial charge in [-0.1, -0.05) is 6.92 Å². The molecular formula is C9H15N3O. The Morgan fingerprint density at radius 1 is 1.77 bits per heavy atom. The van der Waals surface area contributed by atoms with E-state index in [2.05, 4.69) is 10.4 Å². The second-order valence-electron chi connectivity index (χ2n) is 3.20. The second kappa shape index (κ2) is 4.18. The van der Waals surface area contributed by atoms with Crippen molar-refractivity contribution in [1.29, 1.82) is 0 Å². The molecule has 1 unspecified atom stereocenters. The summed E-state index contributed by atoms with van der Waals surface area (Å²) in [7, 11) is 3.64. The normalized spacial score (nSPS) is 12.8. The predicted molar refractivity (Wildman–Crippen MR) is 50.6 cm³/mol. The van der Waals surface area contributed by atoms with Crippen LogP contribution in [0, 0.1) is 5.92 Å². The van der Waals surface area contributed by atoms with Crippen molar-refractivity contribution in [3.8, 4) is 0 Å². The van der Waals surface area contributed by atoms with Crippen LogP contribution in [0.4, 0.5) is 0 Å². The summed E-state index contributed by atoms with van der Waals surface area (Å²) in [6.45, 7) is 2.59. The van der Waals surface area contributed by atoms with Gasteiger partial charge in [-0.05, 0) is 13.1 Å². The Morgan fingerprint density at radius 2 is 2.46 bits per heavy atom. The molecule has 0 bridgehead atoms. The first-order chi connectivity index (χ1) is 6.15. The molecule has 0 aliphatic carbocycles. The molecule has 0 radical (unpaired) electrons. The second-order valence-corrected chi connectivity index (χ2v) is 3.20. The third-order valence-electron chi connectivity index (χ3n) is 1.92. The van der Waals surface area contributed by atoms with Crippen LogP contribution in [0.3, 0.4) is 0 Å². The Balaban J connectivity index is 2.67. The fourth-order valence-corrected chi connectivity index (χ4v) is 1.20. The van der Waals surface area contributed by atoms with E-state index < -0.39 is 0 Å². The highest BCUT2D eigenvalue weighted by atomic mass is 16.1. The van der Waals surface area contributed by atoms with Crippen molar-refractivity contribution in [2.24, 2.45) is 13.0 Å². The highest BCUT2D eigenvalue weighted by molar-refractivity contribution is 5.95. The summed E-state index contributed by atoms with van der Waals surface area (Å²) in [6, 6.07) is 1.74. The summed E-state index contributed by atoms with van der Waals surface area (Å²) in [6.07, 6.45) is 1.78. The van der Waals surface area contributed by atoms with E-state index in [9.17, 15) is 4.79 Å². The van der Waals surface area contributed by atoms with Crippen molar-refractivity contribution >= 4 is 5.78 Å². The van der Waals surface area contributed by atoms with E-state index in [4.69, 9.17) is 0 Å². The van der Waals surface area contributed by atoms with Gasteiger partial charge in [0.05, 0.1) is 0 Å². The Kier molecular flexibility index (Phi) is 3.19. The summed E-state index contributed by atoms with van der Waals surface area (Å²) in [5, 5.41) is 7.02. The monoisotopic (exact) mass is 181 g/mol. The van der Waals surface area contributed by atoms with Gasteiger partial charge < -0.3 is 5.32 Å². The lowest BCUT2D eigenvalue weighted by atomic mass is 10.0. The highest BCUT2D eigenvalue weighted by Crippen LogP contribution is 2.04. The van der Waals surface area contributed by atoms with Gasteiger partial charge in [0.15, 0.2) is 5.78 Å². The van der Waals surface area contributed by atoms with Gasteiger partial charge in [0.1, 0.15) is 5.69 Å². The zero-order chi connectivity index (χ0) is 9.84. The maximum absolute atomic E-state index is 11.6. The number of hydrogen-bond donors (Lipinski definition) is 1. The first kappa shape index (κ1) is 9.92. The minimum absolute atomic E-state index is 0.0140. The summed E-state index contributed by atoms with van der Waals surface area (Å²) in [4.78, 5) is 11.6. The van der Waals surface area contributed by atoms with E-state index in [1.807, 2.05) is 14.0 Å². The largest absolute Gasteiger partial charge is 0.319 e. The fourth-order valence-electron chi connectivity index (χ4n) is 1.20. The molecule has 0 saturated heterocycles. The van der Waals surface area contributed by atoms with Crippen LogP contribution in [0.15, 0.2) is 12.3 Å². The lowest BCUT2D eigenvalue weighted by Crippen LogP contribution is -2.24. The van der Waals surface area contributed by atoms with E-state index in [0.717, 1.165) is 0 Å². The van der Waals surface area contributed by atoms with Gasteiger partial charge in [-0.15, -0.1) is 0 Å². The number of Topliss-reactive ketones (excluding diaryl/α,β-unsaturated/α-hetero) is 1. The number of nitrogens with one attached hydrogen (secondary N) is 1. The number of aromatic nitrogens is 2. The van der Waals surface area contributed by atoms with Crippen LogP contribution >= 0.6 is 0 Å². The van der Waals surface area contributed by atoms with Gasteiger partial charge in [0.2, 0.25) is 0 Å². The number of nitrogens with zero attached hydrogens (tertiary/aromatic N) is 2. The van der Waals surface area contributed by atoms with Crippen LogP contribution in [0.2, 0.25) is 0 Å². The summed E-state index contributed by atoms with van der Waals surface area (Å²) < 4.78 is 1.64. The van der Waals surface area contributed by atoms with Crippen LogP contribution in [0.25, 0.3) is 0 Å². The van der Waals surface area contributed by atoms with Gasteiger partial charge in [0, 0.05) is 25.7 Å². The zero-order valence-corrected chi connectivity index (χ0v) is 8.24. The van der Waals surface area contributed by atoms with Crippen molar-refractivity contribution in [2.75, 3.05) is 13.6 Å². The quantitative estimate of drug-likeness (QED) is 0.686. The standard InChI is InChI=1S/C9H15N3O/c1-7(6-10-2)9(13)8-4-5-12(3)11-8/h4-5,7,10H,6H2,1-3H3. The Bertz CT molecular complexity index is 293. The minimum atomic E-state index is -0.0140. The number of carbonyl (C=O) groups excluding carboxylic acids is 1. The summed E-state index contributed by atoms with van der Waals surface area (Å²) >= 11 is 0. The number of rotatable bonds is 4. The predicted octanol–water partition coefficient (Wildman–Crippen LogP) is 0.458. The highest BCUT2D eigenvalue weighted by Gasteiger charge is 2.16. The van der Waals surface area contributed by atoms with Crippen molar-refractivity contribution < 1.29 is 4.79 Å². The molecule has 4 nitrogen and oxygen atoms in total. The number of aryl methyl sites for hydroxylation is 1. The lowest BCUT2D eigenvalue weighted by Gasteiger charge is -2.06. The Labute approximate surface area is 77.9 Å². The number of ketones is 1. The SMILES string of the molecule is CNCC(C)C(=O)c1ccn(C)n1. The smallest absolute Gasteiger partial charge is 0.187 e. The minimum Gasteiger partial charge on any atom is -0.319 e. The van der Waals surface area contributed by atoms with Crippen molar-refractivity contribution in [1.82, 2.24) is 15.1 Å². The van der Waals surface area contributed by atoms with Gasteiger partial charge in [-0.2, -0.15) is 5.10 Å². The molecule has 0 aliphatic rings. The number of hydrogen-bond acceptors (Lipinski definition) is 3. The first-order valence-electron chi connectivity index (χ1n) is 4.33. The molecule has 1 aromatic rings. The first-order valence-corrected chi connectivity index (χ1v) is 4.33. The van der Waals surface area contributed by atoms with E-state index in [1.165, 1.54) is 0 Å². The Hall–Kier alpha value is -1.16. The molecule has 1 aromatic heterocycles. The molecule has 4 heteroatoms. The van der Waals surface area contributed by atoms with Crippen LogP contribution in [-0.4, -0.2) is 29.2 Å². The molecule has 13 heavy (non-hydrogen) atoms. The zero-order valence-electron chi connectivity index (χ0n) is 8.24. The molecule has 0 saturated carbocycles. The van der Waals surface area contributed by atoms with Crippen LogP contribution in [0.5, 0.6) is 0 Å². The van der Waals surface area contributed by atoms with Crippen molar-refractivity contribution in [2.45, 2.75) is 6.92 Å². The third kappa shape index (κ3) is 2.39. The Morgan fingerprint density at radius 3 is 2.92 bits per heavy atom. The lowest BCUT2D eigenvalue weighted by molar-refractivity contribution is 0.0924. The van der Waals surface area contributed by atoms with Crippen LogP contribution in [-0.2, 0) is 7.05 Å². The van der Waals surface area contributed by atoms with Gasteiger partial charge in [-0.25, -0.2) is 0 Å². The maximum Gasteiger partial charge on any atom is 0.187 e. The third-order valence-corrected chi connectivity index (χ3v) is 1.92. The van der Waals surface area contributed by atoms with E-state index in [1.54, 1.807) is 24.0 Å². The van der Waals surface area contributed by atoms with Crippen LogP contribution < -0.4 is 5.32 Å². The average Bonchev–Trinajstić information content (AvgIpc) is 2.51. The molecule has 1 atom stereocenters. The summed E-state index contributed by atoms with van der Waals surface area (Å²) in [5.41, 5.74) is 0.547. The van der Waals surface area contributed by atoms with E-state index >= 15 is 0 Å². The average molecular weight is 181 g/mol. The fraction of sp³-hybridized carbons (Fsp3) is 0.556. The van der Waals surface area contributed by atoms with E-state index in [0.29, 0.717) is 12.2 Å². The van der Waals surface area contributed by atoms with Crippen molar-refractivity contribution in [3.63, 3.8) is 0 Å².